The van der Waals surface area contributed by atoms with Crippen LogP contribution in [0.25, 0.3) is 0 Å². The van der Waals surface area contributed by atoms with E-state index in [-0.39, 0.29) is 19.1 Å². The maximum Gasteiger partial charge on any atom is 0.262 e. The molecule has 1 atom stereocenters. The summed E-state index contributed by atoms with van der Waals surface area (Å²) in [7, 11) is 0. The van der Waals surface area contributed by atoms with Gasteiger partial charge in [0, 0.05) is 5.56 Å². The van der Waals surface area contributed by atoms with Crippen molar-refractivity contribution in [1.82, 2.24) is 10.7 Å². The molecule has 2 rings (SSSR count). The van der Waals surface area contributed by atoms with Gasteiger partial charge in [0.25, 0.3) is 11.8 Å². The average Bonchev–Trinajstić information content (AvgIpc) is 2.77. The number of nitrogens with zero attached hydrogens (tertiary/aromatic N) is 2. The quantitative estimate of drug-likeness (QED) is 0.415. The van der Waals surface area contributed by atoms with E-state index >= 15 is 0 Å². The van der Waals surface area contributed by atoms with Gasteiger partial charge in [0.1, 0.15) is 23.6 Å². The topological polar surface area (TPSA) is 113 Å². The SMILES string of the molecule is Cc1ccccc1OCC(=O)N[C@H](CC(C)C)C(=O)N/N=C\c1ccccc1OCC#N. The van der Waals surface area contributed by atoms with Crippen LogP contribution in [-0.2, 0) is 9.59 Å². The van der Waals surface area contributed by atoms with E-state index in [1.54, 1.807) is 30.3 Å². The number of hydrazone groups is 1. The molecule has 0 bridgehead atoms. The van der Waals surface area contributed by atoms with Crippen LogP contribution in [0.5, 0.6) is 11.5 Å². The highest BCUT2D eigenvalue weighted by atomic mass is 16.5. The number of aryl methyl sites for hydroxylation is 1. The fourth-order valence-corrected chi connectivity index (χ4v) is 2.87. The van der Waals surface area contributed by atoms with Gasteiger partial charge in [-0.05, 0) is 43.0 Å². The van der Waals surface area contributed by atoms with E-state index < -0.39 is 17.9 Å². The van der Waals surface area contributed by atoms with Crippen LogP contribution in [0.15, 0.2) is 53.6 Å². The van der Waals surface area contributed by atoms with Crippen molar-refractivity contribution in [3.63, 3.8) is 0 Å². The van der Waals surface area contributed by atoms with Crippen LogP contribution in [0.2, 0.25) is 0 Å². The summed E-state index contributed by atoms with van der Waals surface area (Å²) >= 11 is 0. The summed E-state index contributed by atoms with van der Waals surface area (Å²) in [6.45, 7) is 5.53. The zero-order valence-electron chi connectivity index (χ0n) is 18.5. The number of hydrogen-bond acceptors (Lipinski definition) is 6. The highest BCUT2D eigenvalue weighted by molar-refractivity contribution is 5.89. The van der Waals surface area contributed by atoms with Gasteiger partial charge in [-0.25, -0.2) is 5.43 Å². The van der Waals surface area contributed by atoms with Crippen LogP contribution >= 0.6 is 0 Å². The van der Waals surface area contributed by atoms with Crippen molar-refractivity contribution in [2.45, 2.75) is 33.2 Å². The summed E-state index contributed by atoms with van der Waals surface area (Å²) in [5.41, 5.74) is 3.99. The van der Waals surface area contributed by atoms with Gasteiger partial charge < -0.3 is 14.8 Å². The Kier molecular flexibility index (Phi) is 9.72. The zero-order valence-corrected chi connectivity index (χ0v) is 18.5. The molecule has 0 spiro atoms. The van der Waals surface area contributed by atoms with E-state index in [2.05, 4.69) is 15.8 Å². The average molecular weight is 437 g/mol. The molecule has 0 saturated carbocycles. The highest BCUT2D eigenvalue weighted by Gasteiger charge is 2.22. The van der Waals surface area contributed by atoms with Gasteiger partial charge in [0.15, 0.2) is 13.2 Å². The van der Waals surface area contributed by atoms with Crippen LogP contribution in [-0.4, -0.2) is 37.3 Å². The molecule has 0 fully saturated rings. The van der Waals surface area contributed by atoms with Crippen LogP contribution in [0, 0.1) is 24.2 Å². The molecule has 2 aromatic rings. The number of ether oxygens (including phenoxy) is 2. The smallest absolute Gasteiger partial charge is 0.262 e. The van der Waals surface area contributed by atoms with E-state index in [1.165, 1.54) is 6.21 Å². The van der Waals surface area contributed by atoms with Gasteiger partial charge in [0.05, 0.1) is 6.21 Å². The Labute approximate surface area is 188 Å². The van der Waals surface area contributed by atoms with Gasteiger partial charge in [-0.3, -0.25) is 9.59 Å². The summed E-state index contributed by atoms with van der Waals surface area (Å²) in [4.78, 5) is 25.0. The lowest BCUT2D eigenvalue weighted by molar-refractivity contribution is -0.130. The third-order valence-electron chi connectivity index (χ3n) is 4.40. The molecular formula is C24H28N4O4. The summed E-state index contributed by atoms with van der Waals surface area (Å²) < 4.78 is 10.9. The molecule has 0 unspecified atom stereocenters. The summed E-state index contributed by atoms with van der Waals surface area (Å²) in [6.07, 6.45) is 1.87. The number of nitrogens with one attached hydrogen (secondary N) is 2. The largest absolute Gasteiger partial charge is 0.484 e. The monoisotopic (exact) mass is 436 g/mol. The summed E-state index contributed by atoms with van der Waals surface area (Å²) in [6, 6.07) is 15.6. The first kappa shape index (κ1) is 24.4. The van der Waals surface area contributed by atoms with Crippen molar-refractivity contribution in [2.24, 2.45) is 11.0 Å². The Bertz CT molecular complexity index is 982. The zero-order chi connectivity index (χ0) is 23.3. The number of amides is 2. The lowest BCUT2D eigenvalue weighted by Crippen LogP contribution is -2.47. The molecule has 0 aliphatic heterocycles. The second-order valence-corrected chi connectivity index (χ2v) is 7.52. The molecule has 8 heteroatoms. The number of hydrogen-bond donors (Lipinski definition) is 2. The minimum Gasteiger partial charge on any atom is -0.484 e. The fourth-order valence-electron chi connectivity index (χ4n) is 2.87. The third kappa shape index (κ3) is 8.11. The molecule has 0 heterocycles. The number of para-hydroxylation sites is 2. The molecular weight excluding hydrogens is 408 g/mol. The summed E-state index contributed by atoms with van der Waals surface area (Å²) in [5.74, 6) is 0.442. The standard InChI is InChI=1S/C24H28N4O4/c1-17(2)14-20(27-23(29)16-32-21-10-6-4-8-18(21)3)24(30)28-26-15-19-9-5-7-11-22(19)31-13-12-25/h4-11,15,17,20H,13-14,16H2,1-3H3,(H,27,29)(H,28,30)/b26-15-/t20-/m1/s1. The van der Waals surface area contributed by atoms with Crippen molar-refractivity contribution in [1.29, 1.82) is 5.26 Å². The van der Waals surface area contributed by atoms with E-state index in [4.69, 9.17) is 14.7 Å². The highest BCUT2D eigenvalue weighted by Crippen LogP contribution is 2.16. The maximum absolute atomic E-state index is 12.6. The Morgan fingerprint density at radius 3 is 2.47 bits per heavy atom. The molecule has 8 nitrogen and oxygen atoms in total. The first-order valence-electron chi connectivity index (χ1n) is 10.3. The second kappa shape index (κ2) is 12.7. The number of benzene rings is 2. The van der Waals surface area contributed by atoms with Crippen molar-refractivity contribution < 1.29 is 19.1 Å². The van der Waals surface area contributed by atoms with Crippen molar-refractivity contribution >= 4 is 18.0 Å². The molecule has 0 aliphatic carbocycles. The molecule has 32 heavy (non-hydrogen) atoms. The summed E-state index contributed by atoms with van der Waals surface area (Å²) in [5, 5.41) is 15.4. The van der Waals surface area contributed by atoms with Crippen molar-refractivity contribution in [2.75, 3.05) is 13.2 Å². The molecule has 0 aromatic heterocycles. The predicted octanol–water partition coefficient (Wildman–Crippen LogP) is 2.96. The van der Waals surface area contributed by atoms with Crippen LogP contribution in [0.4, 0.5) is 0 Å². The Morgan fingerprint density at radius 1 is 1.09 bits per heavy atom. The first-order valence-corrected chi connectivity index (χ1v) is 10.3. The minimum atomic E-state index is -0.759. The number of rotatable bonds is 11. The van der Waals surface area contributed by atoms with E-state index in [1.807, 2.05) is 45.0 Å². The molecule has 2 aromatic carbocycles. The lowest BCUT2D eigenvalue weighted by Gasteiger charge is -2.19. The fraction of sp³-hybridized carbons (Fsp3) is 0.333. The van der Waals surface area contributed by atoms with Gasteiger partial charge >= 0.3 is 0 Å². The number of carbonyl (C=O) groups excluding carboxylic acids is 2. The Balaban J connectivity index is 1.96. The molecule has 2 amide bonds. The van der Waals surface area contributed by atoms with Gasteiger partial charge in [0.2, 0.25) is 0 Å². The van der Waals surface area contributed by atoms with Gasteiger partial charge in [-0.1, -0.05) is 44.2 Å². The predicted molar refractivity (Wildman–Crippen MR) is 121 cm³/mol. The Hall–Kier alpha value is -3.86. The van der Waals surface area contributed by atoms with Crippen molar-refractivity contribution in [3.8, 4) is 17.6 Å². The third-order valence-corrected chi connectivity index (χ3v) is 4.40. The van der Waals surface area contributed by atoms with E-state index in [0.29, 0.717) is 23.5 Å². The van der Waals surface area contributed by atoms with E-state index in [9.17, 15) is 9.59 Å². The van der Waals surface area contributed by atoms with Crippen LogP contribution in [0.1, 0.15) is 31.4 Å². The maximum atomic E-state index is 12.6. The molecule has 168 valence electrons. The molecule has 0 aliphatic rings. The molecule has 0 saturated heterocycles. The lowest BCUT2D eigenvalue weighted by atomic mass is 10.0. The first-order chi connectivity index (χ1) is 15.4. The van der Waals surface area contributed by atoms with Crippen LogP contribution in [0.3, 0.4) is 0 Å². The Morgan fingerprint density at radius 2 is 1.78 bits per heavy atom. The molecule has 2 N–H and O–H groups in total. The number of nitriles is 1. The number of carbonyl (C=O) groups is 2. The minimum absolute atomic E-state index is 0.0930. The molecule has 0 radical (unpaired) electrons. The second-order valence-electron chi connectivity index (χ2n) is 7.52. The van der Waals surface area contributed by atoms with Crippen LogP contribution < -0.4 is 20.2 Å². The van der Waals surface area contributed by atoms with Crippen molar-refractivity contribution in [3.05, 3.63) is 59.7 Å². The van der Waals surface area contributed by atoms with Gasteiger partial charge in [-0.2, -0.15) is 10.4 Å². The van der Waals surface area contributed by atoms with E-state index in [0.717, 1.165) is 5.56 Å². The van der Waals surface area contributed by atoms with Gasteiger partial charge in [-0.15, -0.1) is 0 Å². The normalized spacial score (nSPS) is 11.6.